The van der Waals surface area contributed by atoms with Gasteiger partial charge in [0, 0.05) is 22.3 Å². The molecule has 0 aliphatic carbocycles. The molecule has 0 unspecified atom stereocenters. The molecule has 3 rings (SSSR count). The summed E-state index contributed by atoms with van der Waals surface area (Å²) in [6.45, 7) is 2.91. The average Bonchev–Trinajstić information content (AvgIpc) is 3.13. The molecule has 1 N–H and O–H groups in total. The average molecular weight is 505 g/mol. The van der Waals surface area contributed by atoms with Crippen LogP contribution in [0.25, 0.3) is 0 Å². The van der Waals surface area contributed by atoms with E-state index in [2.05, 4.69) is 27.9 Å². The largest absolute Gasteiger partial charge is 0.322 e. The molecule has 5 nitrogen and oxygen atoms in total. The summed E-state index contributed by atoms with van der Waals surface area (Å²) in [5.74, 6) is -0.433. The van der Waals surface area contributed by atoms with Gasteiger partial charge in [0.05, 0.1) is 15.5 Å². The second-order valence-corrected chi connectivity index (χ2v) is 9.76. The van der Waals surface area contributed by atoms with Crippen LogP contribution in [0.1, 0.15) is 28.8 Å². The van der Waals surface area contributed by atoms with Crippen LogP contribution in [0.4, 0.5) is 5.69 Å². The van der Waals surface area contributed by atoms with Crippen LogP contribution < -0.4 is 5.32 Å². The fraction of sp³-hybridized carbons (Fsp3) is 0.278. The van der Waals surface area contributed by atoms with E-state index in [1.807, 2.05) is 25.1 Å². The fourth-order valence-corrected chi connectivity index (χ4v) is 5.27. The van der Waals surface area contributed by atoms with Crippen LogP contribution in [0.5, 0.6) is 0 Å². The topological polar surface area (TPSA) is 66.5 Å². The Morgan fingerprint density at radius 2 is 1.85 bits per heavy atom. The molecule has 1 aliphatic rings. The molecule has 0 aromatic heterocycles. The van der Waals surface area contributed by atoms with E-state index in [1.54, 1.807) is 0 Å². The minimum atomic E-state index is -3.60. The number of nitrogens with zero attached hydrogens (tertiary/aromatic N) is 1. The predicted octanol–water partition coefficient (Wildman–Crippen LogP) is 4.29. The molecule has 138 valence electrons. The summed E-state index contributed by atoms with van der Waals surface area (Å²) in [6.07, 6.45) is 1.71. The van der Waals surface area contributed by atoms with Crippen molar-refractivity contribution < 1.29 is 13.2 Å². The molecule has 1 heterocycles. The first-order valence-corrected chi connectivity index (χ1v) is 11.1. The van der Waals surface area contributed by atoms with E-state index < -0.39 is 15.9 Å². The van der Waals surface area contributed by atoms with Crippen LogP contribution in [0.2, 0.25) is 5.02 Å². The zero-order chi connectivity index (χ0) is 18.9. The lowest BCUT2D eigenvalue weighted by Crippen LogP contribution is -2.28. The Labute approximate surface area is 171 Å². The molecule has 26 heavy (non-hydrogen) atoms. The minimum Gasteiger partial charge on any atom is -0.322 e. The smallest absolute Gasteiger partial charge is 0.257 e. The number of halogens is 2. The summed E-state index contributed by atoms with van der Waals surface area (Å²) in [4.78, 5) is 12.8. The maximum atomic E-state index is 12.7. The van der Waals surface area contributed by atoms with Crippen molar-refractivity contribution in [3.63, 3.8) is 0 Å². The Morgan fingerprint density at radius 1 is 1.15 bits per heavy atom. The molecule has 0 saturated carbocycles. The minimum absolute atomic E-state index is 0.0910. The lowest BCUT2D eigenvalue weighted by atomic mass is 10.1. The Hall–Kier alpha value is -1.16. The van der Waals surface area contributed by atoms with Crippen molar-refractivity contribution in [3.05, 3.63) is 56.1 Å². The lowest BCUT2D eigenvalue weighted by molar-refractivity contribution is 0.102. The Morgan fingerprint density at radius 3 is 2.50 bits per heavy atom. The van der Waals surface area contributed by atoms with Gasteiger partial charge in [-0.05, 0) is 84.3 Å². The van der Waals surface area contributed by atoms with Crippen LogP contribution in [0, 0.1) is 10.5 Å². The highest BCUT2D eigenvalue weighted by atomic mass is 127. The molecule has 0 atom stereocenters. The van der Waals surface area contributed by atoms with Gasteiger partial charge in [0.25, 0.3) is 5.91 Å². The van der Waals surface area contributed by atoms with Gasteiger partial charge < -0.3 is 5.32 Å². The Bertz CT molecular complexity index is 957. The molecule has 1 amide bonds. The standard InChI is InChI=1S/C18H18ClIN2O3S/c1-12-10-13(20)4-7-17(12)21-18(23)15-11-14(5-6-16(15)19)26(24,25)22-8-2-3-9-22/h4-7,10-11H,2-3,8-9H2,1H3,(H,21,23). The van der Waals surface area contributed by atoms with Crippen LogP contribution in [-0.4, -0.2) is 31.7 Å². The summed E-state index contributed by atoms with van der Waals surface area (Å²) in [5, 5.41) is 3.02. The number of benzene rings is 2. The third-order valence-electron chi connectivity index (χ3n) is 4.32. The molecule has 1 saturated heterocycles. The monoisotopic (exact) mass is 504 g/mol. The number of anilines is 1. The molecule has 0 radical (unpaired) electrons. The molecular formula is C18H18ClIN2O3S. The third kappa shape index (κ3) is 4.05. The van der Waals surface area contributed by atoms with Crippen molar-refractivity contribution in [1.29, 1.82) is 0 Å². The second kappa shape index (κ2) is 7.84. The van der Waals surface area contributed by atoms with E-state index in [0.29, 0.717) is 18.8 Å². The highest BCUT2D eigenvalue weighted by Crippen LogP contribution is 2.26. The number of hydrogen-bond acceptors (Lipinski definition) is 3. The first kappa shape index (κ1) is 19.6. The Kier molecular flexibility index (Phi) is 5.91. The van der Waals surface area contributed by atoms with E-state index in [9.17, 15) is 13.2 Å². The number of sulfonamides is 1. The molecule has 1 aliphatic heterocycles. The highest BCUT2D eigenvalue weighted by Gasteiger charge is 2.28. The first-order chi connectivity index (χ1) is 12.3. The van der Waals surface area contributed by atoms with Crippen molar-refractivity contribution in [3.8, 4) is 0 Å². The van der Waals surface area contributed by atoms with Crippen LogP contribution in [-0.2, 0) is 10.0 Å². The van der Waals surface area contributed by atoms with Crippen molar-refractivity contribution >= 4 is 55.8 Å². The summed E-state index contributed by atoms with van der Waals surface area (Å²) in [7, 11) is -3.60. The van der Waals surface area contributed by atoms with Gasteiger partial charge in [-0.15, -0.1) is 0 Å². The molecule has 0 bridgehead atoms. The number of hydrogen-bond donors (Lipinski definition) is 1. The van der Waals surface area contributed by atoms with Crippen molar-refractivity contribution in [2.24, 2.45) is 0 Å². The molecule has 0 spiro atoms. The van der Waals surface area contributed by atoms with E-state index >= 15 is 0 Å². The number of rotatable bonds is 4. The highest BCUT2D eigenvalue weighted by molar-refractivity contribution is 14.1. The summed E-state index contributed by atoms with van der Waals surface area (Å²) in [5.41, 5.74) is 1.73. The molecule has 1 fully saturated rings. The van der Waals surface area contributed by atoms with Gasteiger partial charge in [0.1, 0.15) is 0 Å². The van der Waals surface area contributed by atoms with Crippen LogP contribution >= 0.6 is 34.2 Å². The number of carbonyl (C=O) groups is 1. The van der Waals surface area contributed by atoms with Gasteiger partial charge in [-0.1, -0.05) is 11.6 Å². The van der Waals surface area contributed by atoms with Gasteiger partial charge in [0.15, 0.2) is 0 Å². The summed E-state index contributed by atoms with van der Waals surface area (Å²) < 4.78 is 28.0. The summed E-state index contributed by atoms with van der Waals surface area (Å²) in [6, 6.07) is 9.91. The van der Waals surface area contributed by atoms with Gasteiger partial charge >= 0.3 is 0 Å². The van der Waals surface area contributed by atoms with Crippen LogP contribution in [0.3, 0.4) is 0 Å². The van der Waals surface area contributed by atoms with E-state index in [4.69, 9.17) is 11.6 Å². The first-order valence-electron chi connectivity index (χ1n) is 8.16. The number of nitrogens with one attached hydrogen (secondary N) is 1. The van der Waals surface area contributed by atoms with E-state index in [1.165, 1.54) is 22.5 Å². The summed E-state index contributed by atoms with van der Waals surface area (Å²) >= 11 is 8.36. The van der Waals surface area contributed by atoms with E-state index in [-0.39, 0.29) is 15.5 Å². The second-order valence-electron chi connectivity index (χ2n) is 6.17. The molecule has 8 heteroatoms. The number of carbonyl (C=O) groups excluding carboxylic acids is 1. The Balaban J connectivity index is 1.91. The maximum absolute atomic E-state index is 12.7. The lowest BCUT2D eigenvalue weighted by Gasteiger charge is -2.16. The molecular weight excluding hydrogens is 487 g/mol. The molecule has 2 aromatic carbocycles. The van der Waals surface area contributed by atoms with Crippen molar-refractivity contribution in [2.75, 3.05) is 18.4 Å². The molecule has 2 aromatic rings. The zero-order valence-corrected chi connectivity index (χ0v) is 17.9. The SMILES string of the molecule is Cc1cc(I)ccc1NC(=O)c1cc(S(=O)(=O)N2CCCC2)ccc1Cl. The number of amides is 1. The van der Waals surface area contributed by atoms with Gasteiger partial charge in [0.2, 0.25) is 10.0 Å². The van der Waals surface area contributed by atoms with Gasteiger partial charge in [-0.25, -0.2) is 8.42 Å². The van der Waals surface area contributed by atoms with E-state index in [0.717, 1.165) is 22.0 Å². The van der Waals surface area contributed by atoms with Gasteiger partial charge in [-0.3, -0.25) is 4.79 Å². The maximum Gasteiger partial charge on any atom is 0.257 e. The zero-order valence-electron chi connectivity index (χ0n) is 14.1. The van der Waals surface area contributed by atoms with Crippen LogP contribution in [0.15, 0.2) is 41.3 Å². The van der Waals surface area contributed by atoms with Crippen molar-refractivity contribution in [1.82, 2.24) is 4.31 Å². The normalized spacial score (nSPS) is 15.2. The fourth-order valence-electron chi connectivity index (χ4n) is 2.87. The number of aryl methyl sites for hydroxylation is 1. The third-order valence-corrected chi connectivity index (χ3v) is 7.22. The van der Waals surface area contributed by atoms with Crippen molar-refractivity contribution in [2.45, 2.75) is 24.7 Å². The predicted molar refractivity (Wildman–Crippen MR) is 111 cm³/mol. The van der Waals surface area contributed by atoms with Gasteiger partial charge in [-0.2, -0.15) is 4.31 Å². The quantitative estimate of drug-likeness (QED) is 0.632.